The zero-order chi connectivity index (χ0) is 33.2. The number of carbonyl (C=O) groups excluding carboxylic acids is 2. The highest BCUT2D eigenvalue weighted by Crippen LogP contribution is 2.37. The van der Waals surface area contributed by atoms with Crippen LogP contribution < -0.4 is 4.90 Å². The molecule has 0 bridgehead atoms. The van der Waals surface area contributed by atoms with E-state index in [0.717, 1.165) is 61.6 Å². The van der Waals surface area contributed by atoms with Crippen LogP contribution in [0.15, 0.2) is 18.2 Å². The van der Waals surface area contributed by atoms with Crippen LogP contribution >= 0.6 is 11.6 Å². The molecule has 0 spiro atoms. The summed E-state index contributed by atoms with van der Waals surface area (Å²) in [5, 5.41) is 0.584. The smallest absolute Gasteiger partial charge is 0.434 e. The summed E-state index contributed by atoms with van der Waals surface area (Å²) in [7, 11) is 0. The zero-order valence-electron chi connectivity index (χ0n) is 25.7. The van der Waals surface area contributed by atoms with Crippen LogP contribution in [0.1, 0.15) is 45.6 Å². The SMILES string of the molecule is CC(C)(C)OC(=O)CN1CCC(C2CCN(c3cc(Cl)ccc3CN3CCN(C(=O)OC(C(F)(F)F)C(F)(F)F)CC3)CC2)C1. The fraction of sp³-hybridized carbons (Fsp3) is 0.733. The van der Waals surface area contributed by atoms with Crippen molar-refractivity contribution in [2.75, 3.05) is 63.8 Å². The summed E-state index contributed by atoms with van der Waals surface area (Å²) in [5.74, 6) is 0.845. The molecular weight excluding hydrogens is 630 g/mol. The Morgan fingerprint density at radius 1 is 0.867 bits per heavy atom. The first-order chi connectivity index (χ1) is 20.9. The number of carbonyl (C=O) groups is 2. The Labute approximate surface area is 264 Å². The molecule has 1 unspecified atom stereocenters. The summed E-state index contributed by atoms with van der Waals surface area (Å²) in [4.78, 5) is 31.7. The topological polar surface area (TPSA) is 65.6 Å². The molecule has 0 aliphatic carbocycles. The van der Waals surface area contributed by atoms with E-state index in [4.69, 9.17) is 16.3 Å². The van der Waals surface area contributed by atoms with Crippen molar-refractivity contribution in [2.45, 2.75) is 70.6 Å². The van der Waals surface area contributed by atoms with Crippen LogP contribution in [0.3, 0.4) is 0 Å². The van der Waals surface area contributed by atoms with Gasteiger partial charge in [-0.15, -0.1) is 0 Å². The Kier molecular flexibility index (Phi) is 11.1. The molecule has 1 atom stereocenters. The van der Waals surface area contributed by atoms with Gasteiger partial charge in [0, 0.05) is 63.1 Å². The molecule has 1 amide bonds. The quantitative estimate of drug-likeness (QED) is 0.262. The molecule has 0 aromatic heterocycles. The average Bonchev–Trinajstić information content (AvgIpc) is 3.39. The number of amides is 1. The largest absolute Gasteiger partial charge is 0.459 e. The predicted molar refractivity (Wildman–Crippen MR) is 156 cm³/mol. The van der Waals surface area contributed by atoms with Crippen molar-refractivity contribution >= 4 is 29.4 Å². The Morgan fingerprint density at radius 2 is 1.47 bits per heavy atom. The van der Waals surface area contributed by atoms with Crippen molar-refractivity contribution in [3.8, 4) is 0 Å². The van der Waals surface area contributed by atoms with Gasteiger partial charge >= 0.3 is 24.4 Å². The minimum absolute atomic E-state index is 0.0675. The molecule has 3 aliphatic rings. The van der Waals surface area contributed by atoms with E-state index in [1.54, 1.807) is 6.07 Å². The molecule has 3 aliphatic heterocycles. The second-order valence-corrected chi connectivity index (χ2v) is 13.5. The molecule has 1 aromatic rings. The van der Waals surface area contributed by atoms with Crippen LogP contribution in [0.5, 0.6) is 0 Å². The van der Waals surface area contributed by atoms with E-state index in [2.05, 4.69) is 14.5 Å². The lowest BCUT2D eigenvalue weighted by Crippen LogP contribution is -2.52. The van der Waals surface area contributed by atoms with E-state index in [9.17, 15) is 35.9 Å². The average molecular weight is 671 g/mol. The lowest BCUT2D eigenvalue weighted by atomic mass is 9.83. The van der Waals surface area contributed by atoms with Crippen LogP contribution in [0.2, 0.25) is 5.02 Å². The molecular formula is C30H41ClF6N4O4. The van der Waals surface area contributed by atoms with Gasteiger partial charge in [0.05, 0.1) is 6.54 Å². The number of benzene rings is 1. The normalized spacial score (nSPS) is 21.4. The summed E-state index contributed by atoms with van der Waals surface area (Å²) in [6.45, 7) is 10.1. The lowest BCUT2D eigenvalue weighted by Gasteiger charge is -2.38. The second-order valence-electron chi connectivity index (χ2n) is 13.1. The molecule has 254 valence electrons. The number of hydrogen-bond donors (Lipinski definition) is 0. The molecule has 3 heterocycles. The van der Waals surface area contributed by atoms with E-state index >= 15 is 0 Å². The highest BCUT2D eigenvalue weighted by atomic mass is 35.5. The maximum atomic E-state index is 12.8. The summed E-state index contributed by atoms with van der Waals surface area (Å²) >= 11 is 6.37. The number of alkyl halides is 6. The van der Waals surface area contributed by atoms with Gasteiger partial charge in [-0.05, 0) is 76.1 Å². The number of piperazine rings is 1. The molecule has 3 saturated heterocycles. The Bertz CT molecular complexity index is 1160. The van der Waals surface area contributed by atoms with Crippen LogP contribution in [0, 0.1) is 11.8 Å². The number of piperidine rings is 1. The third-order valence-electron chi connectivity index (χ3n) is 8.51. The lowest BCUT2D eigenvalue weighted by molar-refractivity contribution is -0.308. The maximum Gasteiger partial charge on any atom is 0.434 e. The van der Waals surface area contributed by atoms with Crippen LogP contribution in [0.4, 0.5) is 36.8 Å². The van der Waals surface area contributed by atoms with E-state index in [0.29, 0.717) is 29.9 Å². The van der Waals surface area contributed by atoms with Crippen molar-refractivity contribution in [1.82, 2.24) is 14.7 Å². The molecule has 3 fully saturated rings. The van der Waals surface area contributed by atoms with Gasteiger partial charge in [-0.1, -0.05) is 17.7 Å². The van der Waals surface area contributed by atoms with Gasteiger partial charge in [-0.3, -0.25) is 14.6 Å². The number of halogens is 7. The summed E-state index contributed by atoms with van der Waals surface area (Å²) in [6.07, 6.45) is -14.3. The monoisotopic (exact) mass is 670 g/mol. The van der Waals surface area contributed by atoms with Crippen molar-refractivity contribution in [3.05, 3.63) is 28.8 Å². The Morgan fingerprint density at radius 3 is 2.04 bits per heavy atom. The van der Waals surface area contributed by atoms with Gasteiger partial charge in [0.15, 0.2) is 0 Å². The molecule has 1 aromatic carbocycles. The van der Waals surface area contributed by atoms with E-state index in [-0.39, 0.29) is 32.1 Å². The van der Waals surface area contributed by atoms with Gasteiger partial charge in [0.2, 0.25) is 0 Å². The van der Waals surface area contributed by atoms with Gasteiger partial charge in [0.25, 0.3) is 6.10 Å². The van der Waals surface area contributed by atoms with Gasteiger partial charge in [-0.2, -0.15) is 26.3 Å². The van der Waals surface area contributed by atoms with Crippen molar-refractivity contribution in [2.24, 2.45) is 11.8 Å². The van der Waals surface area contributed by atoms with Crippen LogP contribution in [-0.2, 0) is 20.8 Å². The van der Waals surface area contributed by atoms with E-state index in [1.807, 2.05) is 37.8 Å². The highest BCUT2D eigenvalue weighted by Gasteiger charge is 2.60. The number of ether oxygens (including phenoxy) is 2. The number of hydrogen-bond acceptors (Lipinski definition) is 7. The minimum Gasteiger partial charge on any atom is -0.459 e. The number of likely N-dealkylation sites (tertiary alicyclic amines) is 1. The molecule has 0 N–H and O–H groups in total. The molecule has 45 heavy (non-hydrogen) atoms. The first kappa shape index (κ1) is 35.4. The third-order valence-corrected chi connectivity index (χ3v) is 8.75. The second kappa shape index (κ2) is 14.1. The van der Waals surface area contributed by atoms with Gasteiger partial charge in [0.1, 0.15) is 5.60 Å². The molecule has 15 heteroatoms. The Balaban J connectivity index is 1.28. The number of anilines is 1. The van der Waals surface area contributed by atoms with E-state index in [1.165, 1.54) is 0 Å². The van der Waals surface area contributed by atoms with Crippen molar-refractivity contribution in [3.63, 3.8) is 0 Å². The predicted octanol–water partition coefficient (Wildman–Crippen LogP) is 5.97. The maximum absolute atomic E-state index is 12.8. The number of rotatable bonds is 7. The van der Waals surface area contributed by atoms with Crippen molar-refractivity contribution in [1.29, 1.82) is 0 Å². The fourth-order valence-electron chi connectivity index (χ4n) is 6.35. The Hall–Kier alpha value is -2.45. The van der Waals surface area contributed by atoms with Crippen LogP contribution in [-0.4, -0.2) is 110 Å². The zero-order valence-corrected chi connectivity index (χ0v) is 26.5. The summed E-state index contributed by atoms with van der Waals surface area (Å²) in [5.41, 5.74) is 1.47. The fourth-order valence-corrected chi connectivity index (χ4v) is 6.51. The first-order valence-corrected chi connectivity index (χ1v) is 15.6. The van der Waals surface area contributed by atoms with E-state index < -0.39 is 30.2 Å². The third kappa shape index (κ3) is 10.0. The molecule has 0 radical (unpaired) electrons. The van der Waals surface area contributed by atoms with Crippen LogP contribution in [0.25, 0.3) is 0 Å². The summed E-state index contributed by atoms with van der Waals surface area (Å²) in [6, 6.07) is 5.62. The first-order valence-electron chi connectivity index (χ1n) is 15.2. The van der Waals surface area contributed by atoms with Gasteiger partial charge in [-0.25, -0.2) is 4.79 Å². The number of esters is 1. The minimum atomic E-state index is -5.76. The highest BCUT2D eigenvalue weighted by molar-refractivity contribution is 6.30. The molecule has 0 saturated carbocycles. The summed E-state index contributed by atoms with van der Waals surface area (Å²) < 4.78 is 86.2. The van der Waals surface area contributed by atoms with Crippen molar-refractivity contribution < 1.29 is 45.4 Å². The molecule has 4 rings (SSSR count). The molecule has 8 nitrogen and oxygen atoms in total. The van der Waals surface area contributed by atoms with Gasteiger partial charge < -0.3 is 19.3 Å². The number of nitrogens with zero attached hydrogens (tertiary/aromatic N) is 4. The standard InChI is InChI=1S/C30H41ClF6N4O4/c1-28(2,3)45-25(42)19-39-9-6-21(17-39)20-7-10-40(11-8-20)24-16-23(31)5-4-22(24)18-38-12-14-41(15-13-38)27(43)44-26(29(32,33)34)30(35,36)37/h4-5,16,20-21,26H,6-15,17-19H2,1-3H3.